The number of furan rings is 1. The van der Waals surface area contributed by atoms with Crippen LogP contribution in [0, 0.1) is 0 Å². The van der Waals surface area contributed by atoms with Gasteiger partial charge in [-0.1, -0.05) is 30.7 Å². The van der Waals surface area contributed by atoms with Gasteiger partial charge in [0, 0.05) is 5.56 Å². The molecular weight excluding hydrogens is 238 g/mol. The summed E-state index contributed by atoms with van der Waals surface area (Å²) in [5.41, 5.74) is 7.48. The first-order valence-electron chi connectivity index (χ1n) is 6.71. The summed E-state index contributed by atoms with van der Waals surface area (Å²) in [7, 11) is 0. The summed E-state index contributed by atoms with van der Waals surface area (Å²) in [5.74, 6) is 1.60. The van der Waals surface area contributed by atoms with Crippen molar-refractivity contribution in [2.24, 2.45) is 5.73 Å². The Bertz CT molecular complexity index is 579. The molecule has 1 aromatic carbocycles. The topological polar surface area (TPSA) is 56.2 Å². The van der Waals surface area contributed by atoms with Crippen LogP contribution in [-0.4, -0.2) is 5.78 Å². The summed E-state index contributed by atoms with van der Waals surface area (Å²) in [6, 6.07) is 11.3. The maximum absolute atomic E-state index is 12.2. The Hall–Kier alpha value is -1.87. The Morgan fingerprint density at radius 2 is 1.89 bits per heavy atom. The van der Waals surface area contributed by atoms with Gasteiger partial charge in [-0.25, -0.2) is 0 Å². The van der Waals surface area contributed by atoms with Crippen molar-refractivity contribution in [2.45, 2.75) is 31.7 Å². The van der Waals surface area contributed by atoms with E-state index >= 15 is 0 Å². The SMILES string of the molecule is NCc1ccc(C(=O)c2ccc(C3CCC3)cc2)o1. The van der Waals surface area contributed by atoms with Gasteiger partial charge in [0.1, 0.15) is 5.76 Å². The van der Waals surface area contributed by atoms with Gasteiger partial charge in [0.15, 0.2) is 5.76 Å². The third-order valence-electron chi connectivity index (χ3n) is 3.84. The average Bonchev–Trinajstić information content (AvgIpc) is 2.85. The largest absolute Gasteiger partial charge is 0.456 e. The Morgan fingerprint density at radius 1 is 1.16 bits per heavy atom. The second-order valence-electron chi connectivity index (χ2n) is 5.05. The molecule has 0 aliphatic heterocycles. The standard InChI is InChI=1S/C16H17NO2/c17-10-14-8-9-15(19-14)16(18)13-6-4-12(5-7-13)11-2-1-3-11/h4-9,11H,1-3,10,17H2. The van der Waals surface area contributed by atoms with Crippen molar-refractivity contribution in [3.05, 3.63) is 59.0 Å². The Kier molecular flexibility index (Phi) is 3.22. The average molecular weight is 255 g/mol. The van der Waals surface area contributed by atoms with Gasteiger partial charge in [0.2, 0.25) is 5.78 Å². The van der Waals surface area contributed by atoms with E-state index in [-0.39, 0.29) is 5.78 Å². The summed E-state index contributed by atoms with van der Waals surface area (Å²) < 4.78 is 5.38. The summed E-state index contributed by atoms with van der Waals surface area (Å²) in [5, 5.41) is 0. The minimum atomic E-state index is -0.0835. The highest BCUT2D eigenvalue weighted by Gasteiger charge is 2.20. The van der Waals surface area contributed by atoms with Crippen LogP contribution in [0.3, 0.4) is 0 Å². The zero-order chi connectivity index (χ0) is 13.2. The molecule has 1 saturated carbocycles. The third kappa shape index (κ3) is 2.34. The molecule has 3 nitrogen and oxygen atoms in total. The van der Waals surface area contributed by atoms with E-state index in [1.807, 2.05) is 12.1 Å². The molecule has 19 heavy (non-hydrogen) atoms. The zero-order valence-electron chi connectivity index (χ0n) is 10.8. The molecule has 2 N–H and O–H groups in total. The van der Waals surface area contributed by atoms with E-state index in [9.17, 15) is 4.79 Å². The van der Waals surface area contributed by atoms with Crippen LogP contribution in [0.4, 0.5) is 0 Å². The normalized spacial score (nSPS) is 15.2. The number of carbonyl (C=O) groups is 1. The minimum Gasteiger partial charge on any atom is -0.456 e. The van der Waals surface area contributed by atoms with Gasteiger partial charge < -0.3 is 10.2 Å². The first-order valence-corrected chi connectivity index (χ1v) is 6.71. The van der Waals surface area contributed by atoms with E-state index in [0.29, 0.717) is 29.5 Å². The molecule has 0 bridgehead atoms. The molecule has 0 spiro atoms. The van der Waals surface area contributed by atoms with Gasteiger partial charge in [-0.05, 0) is 36.5 Å². The summed E-state index contributed by atoms with van der Waals surface area (Å²) >= 11 is 0. The third-order valence-corrected chi connectivity index (χ3v) is 3.84. The summed E-state index contributed by atoms with van der Waals surface area (Å²) in [4.78, 5) is 12.2. The molecule has 2 aromatic rings. The Morgan fingerprint density at radius 3 is 2.42 bits per heavy atom. The lowest BCUT2D eigenvalue weighted by molar-refractivity contribution is 0.101. The maximum Gasteiger partial charge on any atom is 0.228 e. The fourth-order valence-electron chi connectivity index (χ4n) is 2.40. The molecular formula is C16H17NO2. The van der Waals surface area contributed by atoms with E-state index < -0.39 is 0 Å². The monoisotopic (exact) mass is 255 g/mol. The highest BCUT2D eigenvalue weighted by atomic mass is 16.3. The van der Waals surface area contributed by atoms with Crippen molar-refractivity contribution in [1.82, 2.24) is 0 Å². The van der Waals surface area contributed by atoms with Crippen LogP contribution in [0.25, 0.3) is 0 Å². The lowest BCUT2D eigenvalue weighted by atomic mass is 9.80. The molecule has 0 amide bonds. The van der Waals surface area contributed by atoms with Crippen LogP contribution in [0.5, 0.6) is 0 Å². The first kappa shape index (κ1) is 12.2. The lowest BCUT2D eigenvalue weighted by Gasteiger charge is -2.25. The molecule has 3 heteroatoms. The number of ketones is 1. The molecule has 1 aromatic heterocycles. The second-order valence-corrected chi connectivity index (χ2v) is 5.05. The predicted molar refractivity (Wildman–Crippen MR) is 73.1 cm³/mol. The highest BCUT2D eigenvalue weighted by Crippen LogP contribution is 2.36. The smallest absolute Gasteiger partial charge is 0.228 e. The van der Waals surface area contributed by atoms with Crippen LogP contribution in [0.15, 0.2) is 40.8 Å². The molecule has 1 fully saturated rings. The van der Waals surface area contributed by atoms with E-state index in [0.717, 1.165) is 0 Å². The van der Waals surface area contributed by atoms with E-state index in [4.69, 9.17) is 10.2 Å². The molecule has 0 radical (unpaired) electrons. The Labute approximate surface area is 112 Å². The quantitative estimate of drug-likeness (QED) is 0.853. The van der Waals surface area contributed by atoms with Gasteiger partial charge >= 0.3 is 0 Å². The maximum atomic E-state index is 12.2. The van der Waals surface area contributed by atoms with E-state index in [1.54, 1.807) is 12.1 Å². The molecule has 1 aliphatic carbocycles. The summed E-state index contributed by atoms with van der Waals surface area (Å²) in [6.45, 7) is 0.313. The number of benzene rings is 1. The zero-order valence-corrected chi connectivity index (χ0v) is 10.8. The van der Waals surface area contributed by atoms with Crippen molar-refractivity contribution in [3.63, 3.8) is 0 Å². The minimum absolute atomic E-state index is 0.0835. The fourth-order valence-corrected chi connectivity index (χ4v) is 2.40. The number of nitrogens with two attached hydrogens (primary N) is 1. The van der Waals surface area contributed by atoms with Gasteiger partial charge in [-0.3, -0.25) is 4.79 Å². The van der Waals surface area contributed by atoms with Crippen molar-refractivity contribution >= 4 is 5.78 Å². The van der Waals surface area contributed by atoms with Crippen LogP contribution < -0.4 is 5.73 Å². The molecule has 0 unspecified atom stereocenters. The van der Waals surface area contributed by atoms with Crippen molar-refractivity contribution in [2.75, 3.05) is 0 Å². The Balaban J connectivity index is 1.79. The second kappa shape index (κ2) is 5.02. The van der Waals surface area contributed by atoms with Crippen molar-refractivity contribution in [1.29, 1.82) is 0 Å². The number of hydrogen-bond donors (Lipinski definition) is 1. The molecule has 1 heterocycles. The first-order chi connectivity index (χ1) is 9.28. The van der Waals surface area contributed by atoms with Gasteiger partial charge in [-0.2, -0.15) is 0 Å². The van der Waals surface area contributed by atoms with Crippen LogP contribution in [0.1, 0.15) is 52.6 Å². The lowest BCUT2D eigenvalue weighted by Crippen LogP contribution is -2.09. The van der Waals surface area contributed by atoms with E-state index in [2.05, 4.69) is 12.1 Å². The fraction of sp³-hybridized carbons (Fsp3) is 0.312. The highest BCUT2D eigenvalue weighted by molar-refractivity contribution is 6.07. The van der Waals surface area contributed by atoms with Crippen LogP contribution in [0.2, 0.25) is 0 Å². The molecule has 0 saturated heterocycles. The van der Waals surface area contributed by atoms with Gasteiger partial charge in [0.25, 0.3) is 0 Å². The van der Waals surface area contributed by atoms with Crippen molar-refractivity contribution < 1.29 is 9.21 Å². The summed E-state index contributed by atoms with van der Waals surface area (Å²) in [6.07, 6.45) is 3.86. The number of rotatable bonds is 4. The predicted octanol–water partition coefficient (Wildman–Crippen LogP) is 3.24. The molecule has 0 atom stereocenters. The van der Waals surface area contributed by atoms with Crippen LogP contribution in [-0.2, 0) is 6.54 Å². The van der Waals surface area contributed by atoms with Gasteiger partial charge in [0.05, 0.1) is 6.54 Å². The molecule has 98 valence electrons. The molecule has 3 rings (SSSR count). The van der Waals surface area contributed by atoms with E-state index in [1.165, 1.54) is 24.8 Å². The van der Waals surface area contributed by atoms with Crippen molar-refractivity contribution in [3.8, 4) is 0 Å². The number of hydrogen-bond acceptors (Lipinski definition) is 3. The van der Waals surface area contributed by atoms with Gasteiger partial charge in [-0.15, -0.1) is 0 Å². The molecule has 1 aliphatic rings. The number of carbonyl (C=O) groups excluding carboxylic acids is 1. The van der Waals surface area contributed by atoms with Crippen LogP contribution >= 0.6 is 0 Å².